The van der Waals surface area contributed by atoms with Gasteiger partial charge in [-0.25, -0.2) is 4.79 Å². The van der Waals surface area contributed by atoms with Crippen molar-refractivity contribution in [2.45, 2.75) is 19.3 Å². The van der Waals surface area contributed by atoms with Gasteiger partial charge in [0.05, 0.1) is 13.2 Å². The summed E-state index contributed by atoms with van der Waals surface area (Å²) >= 11 is 0. The van der Waals surface area contributed by atoms with Gasteiger partial charge in [0.1, 0.15) is 0 Å². The molecule has 0 saturated carbocycles. The normalized spacial score (nSPS) is 23.1. The first-order chi connectivity index (χ1) is 8.75. The summed E-state index contributed by atoms with van der Waals surface area (Å²) < 4.78 is 5.23. The average Bonchev–Trinajstić information content (AvgIpc) is 2.42. The minimum atomic E-state index is 0.0752. The molecule has 0 aromatic rings. The van der Waals surface area contributed by atoms with Crippen LogP contribution in [0.4, 0.5) is 4.79 Å². The summed E-state index contributed by atoms with van der Waals surface area (Å²) in [6.45, 7) is 5.99. The van der Waals surface area contributed by atoms with Gasteiger partial charge in [0.2, 0.25) is 0 Å². The largest absolute Gasteiger partial charge is 0.378 e. The van der Waals surface area contributed by atoms with Crippen LogP contribution < -0.4 is 5.32 Å². The number of carbonyl (C=O) groups is 1. The number of nitrogens with zero attached hydrogens (tertiary/aromatic N) is 2. The number of urea groups is 1. The maximum atomic E-state index is 11.8. The zero-order valence-electron chi connectivity index (χ0n) is 11.4. The predicted octanol–water partition coefficient (Wildman–Crippen LogP) is 0.760. The molecule has 2 rings (SSSR count). The van der Waals surface area contributed by atoms with Gasteiger partial charge in [0.25, 0.3) is 0 Å². The molecular weight excluding hydrogens is 230 g/mol. The van der Waals surface area contributed by atoms with Gasteiger partial charge in [0.15, 0.2) is 0 Å². The molecule has 18 heavy (non-hydrogen) atoms. The van der Waals surface area contributed by atoms with Crippen molar-refractivity contribution >= 4 is 6.03 Å². The van der Waals surface area contributed by atoms with Crippen LogP contribution in [-0.4, -0.2) is 68.8 Å². The number of amides is 2. The van der Waals surface area contributed by atoms with E-state index >= 15 is 0 Å². The Bertz CT molecular complexity index is 259. The number of carbonyl (C=O) groups excluding carboxylic acids is 1. The van der Waals surface area contributed by atoms with Crippen LogP contribution in [0.1, 0.15) is 19.3 Å². The second-order valence-corrected chi connectivity index (χ2v) is 5.37. The summed E-state index contributed by atoms with van der Waals surface area (Å²) in [6.07, 6.45) is 3.65. The first-order valence-corrected chi connectivity index (χ1v) is 7.05. The smallest absolute Gasteiger partial charge is 0.317 e. The van der Waals surface area contributed by atoms with E-state index in [0.29, 0.717) is 13.2 Å². The minimum absolute atomic E-state index is 0.0752. The van der Waals surface area contributed by atoms with E-state index in [4.69, 9.17) is 4.74 Å². The molecule has 0 bridgehead atoms. The molecule has 2 aliphatic heterocycles. The zero-order chi connectivity index (χ0) is 12.8. The topological polar surface area (TPSA) is 44.8 Å². The fraction of sp³-hybridized carbons (Fsp3) is 0.923. The predicted molar refractivity (Wildman–Crippen MR) is 70.6 cm³/mol. The van der Waals surface area contributed by atoms with E-state index in [2.05, 4.69) is 17.3 Å². The molecule has 0 aromatic heterocycles. The number of piperidine rings is 1. The Morgan fingerprint density at radius 2 is 1.89 bits per heavy atom. The van der Waals surface area contributed by atoms with Crippen LogP contribution in [0.2, 0.25) is 0 Å². The number of hydrogen-bond donors (Lipinski definition) is 1. The summed E-state index contributed by atoms with van der Waals surface area (Å²) in [4.78, 5) is 16.1. The maximum absolute atomic E-state index is 11.8. The molecule has 0 spiro atoms. The lowest BCUT2D eigenvalue weighted by atomic mass is 9.94. The highest BCUT2D eigenvalue weighted by atomic mass is 16.5. The van der Waals surface area contributed by atoms with E-state index < -0.39 is 0 Å². The summed E-state index contributed by atoms with van der Waals surface area (Å²) in [5.41, 5.74) is 0. The number of ether oxygens (including phenoxy) is 1. The molecule has 1 N–H and O–H groups in total. The van der Waals surface area contributed by atoms with Crippen molar-refractivity contribution in [3.63, 3.8) is 0 Å². The SMILES string of the molecule is CN1CCC(CCNC(=O)N2CCOCC2)CC1. The van der Waals surface area contributed by atoms with Crippen molar-refractivity contribution in [1.82, 2.24) is 15.1 Å². The Morgan fingerprint density at radius 3 is 2.56 bits per heavy atom. The van der Waals surface area contributed by atoms with Gasteiger partial charge in [-0.3, -0.25) is 0 Å². The van der Waals surface area contributed by atoms with Crippen LogP contribution in [-0.2, 0) is 4.74 Å². The summed E-state index contributed by atoms with van der Waals surface area (Å²) in [7, 11) is 2.18. The van der Waals surface area contributed by atoms with Crippen LogP contribution in [0.15, 0.2) is 0 Å². The van der Waals surface area contributed by atoms with E-state index in [-0.39, 0.29) is 6.03 Å². The van der Waals surface area contributed by atoms with Gasteiger partial charge in [-0.1, -0.05) is 0 Å². The summed E-state index contributed by atoms with van der Waals surface area (Å²) in [5, 5.41) is 3.03. The van der Waals surface area contributed by atoms with Crippen molar-refractivity contribution < 1.29 is 9.53 Å². The summed E-state index contributed by atoms with van der Waals surface area (Å²) in [6, 6.07) is 0.0752. The van der Waals surface area contributed by atoms with E-state index in [1.165, 1.54) is 25.9 Å². The monoisotopic (exact) mass is 255 g/mol. The molecule has 0 radical (unpaired) electrons. The van der Waals surface area contributed by atoms with E-state index in [1.54, 1.807) is 0 Å². The highest BCUT2D eigenvalue weighted by Crippen LogP contribution is 2.18. The standard InChI is InChI=1S/C13H25N3O2/c1-15-6-3-12(4-7-15)2-5-14-13(17)16-8-10-18-11-9-16/h12H,2-11H2,1H3,(H,14,17). The lowest BCUT2D eigenvalue weighted by Gasteiger charge is -2.30. The molecule has 0 aromatic carbocycles. The molecule has 2 saturated heterocycles. The fourth-order valence-corrected chi connectivity index (χ4v) is 2.61. The molecule has 2 heterocycles. The zero-order valence-corrected chi connectivity index (χ0v) is 11.4. The first kappa shape index (κ1) is 13.6. The Kier molecular flexibility index (Phi) is 5.26. The maximum Gasteiger partial charge on any atom is 0.317 e. The number of morpholine rings is 1. The third-order valence-electron chi connectivity index (χ3n) is 3.97. The first-order valence-electron chi connectivity index (χ1n) is 7.05. The molecule has 5 heteroatoms. The van der Waals surface area contributed by atoms with Gasteiger partial charge in [0, 0.05) is 19.6 Å². The molecule has 104 valence electrons. The molecule has 2 aliphatic rings. The third kappa shape index (κ3) is 4.14. The van der Waals surface area contributed by atoms with Crippen molar-refractivity contribution in [3.8, 4) is 0 Å². The number of likely N-dealkylation sites (tertiary alicyclic amines) is 1. The van der Waals surface area contributed by atoms with E-state index in [1.807, 2.05) is 4.90 Å². The van der Waals surface area contributed by atoms with Crippen molar-refractivity contribution in [2.24, 2.45) is 5.92 Å². The molecule has 2 fully saturated rings. The second-order valence-electron chi connectivity index (χ2n) is 5.37. The molecular formula is C13H25N3O2. The molecule has 2 amide bonds. The highest BCUT2D eigenvalue weighted by molar-refractivity contribution is 5.74. The van der Waals surface area contributed by atoms with Crippen LogP contribution in [0, 0.1) is 5.92 Å². The molecule has 0 unspecified atom stereocenters. The van der Waals surface area contributed by atoms with Crippen molar-refractivity contribution in [3.05, 3.63) is 0 Å². The van der Waals surface area contributed by atoms with Crippen LogP contribution in [0.3, 0.4) is 0 Å². The summed E-state index contributed by atoms with van der Waals surface area (Å²) in [5.74, 6) is 0.784. The van der Waals surface area contributed by atoms with Crippen molar-refractivity contribution in [1.29, 1.82) is 0 Å². The average molecular weight is 255 g/mol. The quantitative estimate of drug-likeness (QED) is 0.810. The second kappa shape index (κ2) is 6.95. The lowest BCUT2D eigenvalue weighted by Crippen LogP contribution is -2.46. The van der Waals surface area contributed by atoms with E-state index in [0.717, 1.165) is 32.0 Å². The van der Waals surface area contributed by atoms with Gasteiger partial charge >= 0.3 is 6.03 Å². The third-order valence-corrected chi connectivity index (χ3v) is 3.97. The van der Waals surface area contributed by atoms with Gasteiger partial charge < -0.3 is 19.9 Å². The Labute approximate surface area is 109 Å². The number of rotatable bonds is 3. The Morgan fingerprint density at radius 1 is 1.22 bits per heavy atom. The van der Waals surface area contributed by atoms with Gasteiger partial charge in [-0.2, -0.15) is 0 Å². The lowest BCUT2D eigenvalue weighted by molar-refractivity contribution is 0.0531. The van der Waals surface area contributed by atoms with Gasteiger partial charge in [-0.05, 0) is 45.3 Å². The highest BCUT2D eigenvalue weighted by Gasteiger charge is 2.18. The Balaban J connectivity index is 1.58. The molecule has 0 aliphatic carbocycles. The molecule has 0 atom stereocenters. The van der Waals surface area contributed by atoms with Crippen molar-refractivity contribution in [2.75, 3.05) is 53.0 Å². The van der Waals surface area contributed by atoms with E-state index in [9.17, 15) is 4.79 Å². The van der Waals surface area contributed by atoms with Crippen LogP contribution in [0.25, 0.3) is 0 Å². The fourth-order valence-electron chi connectivity index (χ4n) is 2.61. The number of hydrogen-bond acceptors (Lipinski definition) is 3. The molecule has 5 nitrogen and oxygen atoms in total. The van der Waals surface area contributed by atoms with Gasteiger partial charge in [-0.15, -0.1) is 0 Å². The van der Waals surface area contributed by atoms with Crippen LogP contribution in [0.5, 0.6) is 0 Å². The minimum Gasteiger partial charge on any atom is -0.378 e. The number of nitrogens with one attached hydrogen (secondary N) is 1. The Hall–Kier alpha value is -0.810. The van der Waals surface area contributed by atoms with Crippen LogP contribution >= 0.6 is 0 Å².